The van der Waals surface area contributed by atoms with Gasteiger partial charge in [0.15, 0.2) is 5.78 Å². The van der Waals surface area contributed by atoms with Crippen LogP contribution < -0.4 is 15.0 Å². The molecule has 1 unspecified atom stereocenters. The van der Waals surface area contributed by atoms with Crippen molar-refractivity contribution in [3.8, 4) is 5.75 Å². The van der Waals surface area contributed by atoms with Gasteiger partial charge >= 0.3 is 0 Å². The molecule has 0 radical (unpaired) electrons. The van der Waals surface area contributed by atoms with E-state index in [2.05, 4.69) is 5.32 Å². The summed E-state index contributed by atoms with van der Waals surface area (Å²) in [5.41, 5.74) is 2.42. The van der Waals surface area contributed by atoms with Crippen LogP contribution in [-0.2, 0) is 16.0 Å². The lowest BCUT2D eigenvalue weighted by atomic mass is 10.1. The van der Waals surface area contributed by atoms with Gasteiger partial charge in [-0.3, -0.25) is 14.4 Å². The van der Waals surface area contributed by atoms with Gasteiger partial charge in [-0.15, -0.1) is 0 Å². The Bertz CT molecular complexity index is 859. The Hall–Kier alpha value is -3.15. The van der Waals surface area contributed by atoms with E-state index in [0.29, 0.717) is 30.8 Å². The summed E-state index contributed by atoms with van der Waals surface area (Å²) in [6.45, 7) is 2.37. The smallest absolute Gasteiger partial charge is 0.227 e. The molecule has 0 saturated carbocycles. The first-order valence-corrected chi connectivity index (χ1v) is 9.30. The molecule has 6 heteroatoms. The number of carbonyl (C=O) groups excluding carboxylic acids is 3. The Morgan fingerprint density at radius 3 is 2.39 bits per heavy atom. The van der Waals surface area contributed by atoms with Crippen LogP contribution in [0.5, 0.6) is 5.75 Å². The van der Waals surface area contributed by atoms with E-state index in [9.17, 15) is 14.4 Å². The van der Waals surface area contributed by atoms with Crippen LogP contribution in [0.3, 0.4) is 0 Å². The Labute approximate surface area is 164 Å². The molecule has 28 heavy (non-hydrogen) atoms. The monoisotopic (exact) mass is 380 g/mol. The average molecular weight is 380 g/mol. The zero-order chi connectivity index (χ0) is 20.1. The minimum Gasteiger partial charge on any atom is -0.497 e. The summed E-state index contributed by atoms with van der Waals surface area (Å²) in [5, 5.41) is 2.92. The Morgan fingerprint density at radius 1 is 1.11 bits per heavy atom. The van der Waals surface area contributed by atoms with Crippen LogP contribution in [0.1, 0.15) is 29.3 Å². The van der Waals surface area contributed by atoms with Crippen molar-refractivity contribution >= 4 is 23.3 Å². The molecule has 0 bridgehead atoms. The first-order chi connectivity index (χ1) is 13.5. The SMILES string of the molecule is COc1ccc(CCNC(=O)C2CC(=O)N(c3ccc(C(C)=O)cc3)C2)cc1. The van der Waals surface area contributed by atoms with E-state index < -0.39 is 0 Å². The number of rotatable bonds is 7. The summed E-state index contributed by atoms with van der Waals surface area (Å²) in [6, 6.07) is 14.6. The van der Waals surface area contributed by atoms with Gasteiger partial charge in [-0.05, 0) is 55.3 Å². The van der Waals surface area contributed by atoms with Crippen LogP contribution in [-0.4, -0.2) is 37.8 Å². The van der Waals surface area contributed by atoms with Crippen LogP contribution in [0.4, 0.5) is 5.69 Å². The van der Waals surface area contributed by atoms with E-state index in [1.54, 1.807) is 36.3 Å². The third-order valence-corrected chi connectivity index (χ3v) is 4.95. The number of nitrogens with zero attached hydrogens (tertiary/aromatic N) is 1. The highest BCUT2D eigenvalue weighted by Gasteiger charge is 2.34. The van der Waals surface area contributed by atoms with Gasteiger partial charge < -0.3 is 15.0 Å². The lowest BCUT2D eigenvalue weighted by Gasteiger charge is -2.17. The molecule has 0 aliphatic carbocycles. The van der Waals surface area contributed by atoms with Gasteiger partial charge in [0, 0.05) is 30.8 Å². The van der Waals surface area contributed by atoms with Gasteiger partial charge in [-0.2, -0.15) is 0 Å². The molecule has 2 aromatic carbocycles. The predicted octanol–water partition coefficient (Wildman–Crippen LogP) is 2.61. The summed E-state index contributed by atoms with van der Waals surface area (Å²) < 4.78 is 5.13. The standard InChI is InChI=1S/C22H24N2O4/c1-15(25)17-5-7-19(8-6-17)24-14-18(13-21(24)26)22(27)23-12-11-16-3-9-20(28-2)10-4-16/h3-10,18H,11-14H2,1-2H3,(H,23,27). The summed E-state index contributed by atoms with van der Waals surface area (Å²) in [6.07, 6.45) is 0.912. The highest BCUT2D eigenvalue weighted by atomic mass is 16.5. The maximum absolute atomic E-state index is 12.4. The molecule has 0 aromatic heterocycles. The number of methoxy groups -OCH3 is 1. The molecule has 1 saturated heterocycles. The van der Waals surface area contributed by atoms with Crippen LogP contribution >= 0.6 is 0 Å². The second-order valence-electron chi connectivity index (χ2n) is 6.90. The molecule has 1 atom stereocenters. The molecule has 1 aliphatic heterocycles. The van der Waals surface area contributed by atoms with Crippen molar-refractivity contribution in [1.82, 2.24) is 5.32 Å². The van der Waals surface area contributed by atoms with Crippen molar-refractivity contribution in [2.75, 3.05) is 25.1 Å². The number of carbonyl (C=O) groups is 3. The van der Waals surface area contributed by atoms with E-state index in [-0.39, 0.29) is 29.9 Å². The third kappa shape index (κ3) is 4.57. The predicted molar refractivity (Wildman–Crippen MR) is 107 cm³/mol. The molecule has 1 heterocycles. The molecule has 1 fully saturated rings. The molecule has 3 rings (SSSR count). The maximum Gasteiger partial charge on any atom is 0.227 e. The third-order valence-electron chi connectivity index (χ3n) is 4.95. The normalized spacial score (nSPS) is 16.1. The Balaban J connectivity index is 1.52. The summed E-state index contributed by atoms with van der Waals surface area (Å²) in [7, 11) is 1.62. The first kappa shape index (κ1) is 19.6. The molecule has 2 amide bonds. The maximum atomic E-state index is 12.4. The van der Waals surface area contributed by atoms with Gasteiger partial charge in [-0.25, -0.2) is 0 Å². The topological polar surface area (TPSA) is 75.7 Å². The van der Waals surface area contributed by atoms with Gasteiger partial charge in [-0.1, -0.05) is 12.1 Å². The van der Waals surface area contributed by atoms with E-state index in [0.717, 1.165) is 11.3 Å². The fraction of sp³-hybridized carbons (Fsp3) is 0.318. The largest absolute Gasteiger partial charge is 0.497 e. The van der Waals surface area contributed by atoms with Gasteiger partial charge in [0.2, 0.25) is 11.8 Å². The average Bonchev–Trinajstić information content (AvgIpc) is 3.10. The number of nitrogens with one attached hydrogen (secondary N) is 1. The zero-order valence-electron chi connectivity index (χ0n) is 16.1. The minimum absolute atomic E-state index is 0.0200. The van der Waals surface area contributed by atoms with Gasteiger partial charge in [0.05, 0.1) is 13.0 Å². The van der Waals surface area contributed by atoms with Crippen molar-refractivity contribution in [3.05, 3.63) is 59.7 Å². The second kappa shape index (κ2) is 8.69. The number of ketones is 1. The quantitative estimate of drug-likeness (QED) is 0.749. The number of anilines is 1. The van der Waals surface area contributed by atoms with Crippen molar-refractivity contribution < 1.29 is 19.1 Å². The summed E-state index contributed by atoms with van der Waals surface area (Å²) in [5.74, 6) is 0.230. The van der Waals surface area contributed by atoms with Crippen LogP contribution in [0.25, 0.3) is 0 Å². The lowest BCUT2D eigenvalue weighted by Crippen LogP contribution is -2.34. The molecule has 6 nitrogen and oxygen atoms in total. The van der Waals surface area contributed by atoms with E-state index in [1.165, 1.54) is 6.92 Å². The van der Waals surface area contributed by atoms with E-state index in [1.807, 2.05) is 24.3 Å². The number of Topliss-reactive ketones (excluding diaryl/α,β-unsaturated/α-hetero) is 1. The highest BCUT2D eigenvalue weighted by Crippen LogP contribution is 2.25. The Kier molecular flexibility index (Phi) is 6.09. The van der Waals surface area contributed by atoms with Crippen molar-refractivity contribution in [1.29, 1.82) is 0 Å². The molecular formula is C22H24N2O4. The highest BCUT2D eigenvalue weighted by molar-refractivity contribution is 6.01. The molecule has 1 aliphatic rings. The van der Waals surface area contributed by atoms with Crippen LogP contribution in [0.15, 0.2) is 48.5 Å². The molecule has 146 valence electrons. The number of benzene rings is 2. The number of hydrogen-bond acceptors (Lipinski definition) is 4. The van der Waals surface area contributed by atoms with E-state index in [4.69, 9.17) is 4.74 Å². The minimum atomic E-state index is -0.365. The number of ether oxygens (including phenoxy) is 1. The molecule has 1 N–H and O–H groups in total. The Morgan fingerprint density at radius 2 is 1.79 bits per heavy atom. The van der Waals surface area contributed by atoms with Crippen molar-refractivity contribution in [2.24, 2.45) is 5.92 Å². The first-order valence-electron chi connectivity index (χ1n) is 9.30. The van der Waals surface area contributed by atoms with E-state index >= 15 is 0 Å². The number of amides is 2. The molecule has 0 spiro atoms. The van der Waals surface area contributed by atoms with Gasteiger partial charge in [0.1, 0.15) is 5.75 Å². The molecule has 2 aromatic rings. The van der Waals surface area contributed by atoms with Crippen LogP contribution in [0.2, 0.25) is 0 Å². The molecular weight excluding hydrogens is 356 g/mol. The van der Waals surface area contributed by atoms with Crippen LogP contribution in [0, 0.1) is 5.92 Å². The number of hydrogen-bond donors (Lipinski definition) is 1. The second-order valence-corrected chi connectivity index (χ2v) is 6.90. The summed E-state index contributed by atoms with van der Waals surface area (Å²) >= 11 is 0. The van der Waals surface area contributed by atoms with Crippen molar-refractivity contribution in [3.63, 3.8) is 0 Å². The fourth-order valence-electron chi connectivity index (χ4n) is 3.28. The zero-order valence-corrected chi connectivity index (χ0v) is 16.1. The fourth-order valence-corrected chi connectivity index (χ4v) is 3.28. The van der Waals surface area contributed by atoms with Crippen molar-refractivity contribution in [2.45, 2.75) is 19.8 Å². The summed E-state index contributed by atoms with van der Waals surface area (Å²) in [4.78, 5) is 37.8. The van der Waals surface area contributed by atoms with Gasteiger partial charge in [0.25, 0.3) is 0 Å². The lowest BCUT2D eigenvalue weighted by molar-refractivity contribution is -0.126.